The summed E-state index contributed by atoms with van der Waals surface area (Å²) in [5.41, 5.74) is 15.0. The second kappa shape index (κ2) is 12.7. The first-order valence-electron chi connectivity index (χ1n) is 18.2. The summed E-state index contributed by atoms with van der Waals surface area (Å²) in [5, 5.41) is 2.51. The Labute approximate surface area is 305 Å². The summed E-state index contributed by atoms with van der Waals surface area (Å²) in [7, 11) is 0. The average Bonchev–Trinajstić information content (AvgIpc) is 3.68. The fraction of sp³-hybridized carbons (Fsp3) is 0.102. The molecule has 2 atom stereocenters. The van der Waals surface area contributed by atoms with Gasteiger partial charge in [0.2, 0.25) is 0 Å². The van der Waals surface area contributed by atoms with Crippen LogP contribution in [0.1, 0.15) is 62.9 Å². The van der Waals surface area contributed by atoms with Crippen LogP contribution in [0.4, 0.5) is 11.4 Å². The van der Waals surface area contributed by atoms with Crippen LogP contribution in [0.25, 0.3) is 28.6 Å². The number of nitrogens with zero attached hydrogens (tertiary/aromatic N) is 3. The molecule has 0 N–H and O–H groups in total. The maximum Gasteiger partial charge on any atom is 0.111 e. The van der Waals surface area contributed by atoms with Crippen molar-refractivity contribution in [2.75, 3.05) is 4.90 Å². The lowest BCUT2D eigenvalue weighted by Crippen LogP contribution is -2.21. The standard InChI is InChI=1S/C49H35N3/c1-2-21-42-40-19-9-6-15-36(40)30-45(43(42)22-3-1)46-31-47(44-23-12-16-33-13-5-8-18-39(33)44)51-48(32-50-46)34-25-27-37(28-26-34)52-38-17-7-4-14-35(29-38)41-20-10-11-24-49(41)52/h1-4,6-9,12,14-20,22-32,35,48H,5,13,21H2. The number of hydrogen-bond acceptors (Lipinski definition) is 3. The molecule has 0 fully saturated rings. The molecular weight excluding hydrogens is 631 g/mol. The molecule has 10 rings (SSSR count). The van der Waals surface area contributed by atoms with Crippen LogP contribution in [0, 0.1) is 12.1 Å². The lowest BCUT2D eigenvalue weighted by Gasteiger charge is -2.33. The number of allylic oxidation sites excluding steroid dienone is 10. The van der Waals surface area contributed by atoms with Gasteiger partial charge in [-0.1, -0.05) is 121 Å². The van der Waals surface area contributed by atoms with Crippen molar-refractivity contribution in [2.45, 2.75) is 31.2 Å². The highest BCUT2D eigenvalue weighted by Gasteiger charge is 2.27. The minimum atomic E-state index is -0.264. The van der Waals surface area contributed by atoms with Gasteiger partial charge < -0.3 is 4.90 Å². The van der Waals surface area contributed by atoms with Crippen LogP contribution < -0.4 is 4.90 Å². The van der Waals surface area contributed by atoms with Crippen LogP contribution in [0.5, 0.6) is 0 Å². The zero-order chi connectivity index (χ0) is 34.4. The topological polar surface area (TPSA) is 28.0 Å². The molecule has 0 amide bonds. The van der Waals surface area contributed by atoms with E-state index in [1.54, 1.807) is 0 Å². The van der Waals surface area contributed by atoms with E-state index in [2.05, 4.69) is 169 Å². The van der Waals surface area contributed by atoms with Crippen LogP contribution in [0.2, 0.25) is 0 Å². The van der Waals surface area contributed by atoms with Crippen molar-refractivity contribution in [3.63, 3.8) is 0 Å². The van der Waals surface area contributed by atoms with Crippen molar-refractivity contribution in [1.29, 1.82) is 0 Å². The van der Waals surface area contributed by atoms with Gasteiger partial charge >= 0.3 is 0 Å². The normalized spacial score (nSPS) is 19.4. The maximum absolute atomic E-state index is 5.51. The minimum absolute atomic E-state index is 0.223. The van der Waals surface area contributed by atoms with Gasteiger partial charge in [-0.25, -0.2) is 0 Å². The first kappa shape index (κ1) is 30.3. The molecule has 0 radical (unpaired) electrons. The zero-order valence-corrected chi connectivity index (χ0v) is 28.7. The average molecular weight is 666 g/mol. The molecule has 246 valence electrons. The fourth-order valence-electron chi connectivity index (χ4n) is 8.23. The van der Waals surface area contributed by atoms with Crippen molar-refractivity contribution in [2.24, 2.45) is 9.98 Å². The van der Waals surface area contributed by atoms with Gasteiger partial charge in [-0.15, -0.1) is 0 Å². The molecule has 3 aliphatic carbocycles. The molecule has 2 aliphatic heterocycles. The number of hydrogen-bond donors (Lipinski definition) is 0. The third kappa shape index (κ3) is 5.24. The van der Waals surface area contributed by atoms with Crippen molar-refractivity contribution < 1.29 is 0 Å². The Morgan fingerprint density at radius 3 is 2.63 bits per heavy atom. The lowest BCUT2D eigenvalue weighted by atomic mass is 9.89. The summed E-state index contributed by atoms with van der Waals surface area (Å²) < 4.78 is 0. The Hall–Kier alpha value is -6.50. The van der Waals surface area contributed by atoms with Crippen LogP contribution >= 0.6 is 0 Å². The molecular formula is C49H35N3. The van der Waals surface area contributed by atoms with E-state index >= 15 is 0 Å². The van der Waals surface area contributed by atoms with Crippen LogP contribution in [-0.4, -0.2) is 11.9 Å². The Kier molecular flexibility index (Phi) is 7.40. The molecule has 0 saturated carbocycles. The Bertz CT molecular complexity index is 2550. The molecule has 2 unspecified atom stereocenters. The summed E-state index contributed by atoms with van der Waals surface area (Å²) in [4.78, 5) is 13.1. The monoisotopic (exact) mass is 665 g/mol. The highest BCUT2D eigenvalue weighted by molar-refractivity contribution is 6.16. The van der Waals surface area contributed by atoms with Crippen molar-refractivity contribution in [3.05, 3.63) is 208 Å². The third-order valence-corrected chi connectivity index (χ3v) is 10.8. The molecule has 0 saturated heterocycles. The predicted octanol–water partition coefficient (Wildman–Crippen LogP) is 11.4. The Morgan fingerprint density at radius 2 is 1.67 bits per heavy atom. The SMILES string of the molecule is c1cc2c(cc#1)N(c1ccc(C3C=NC(c4cc5ccccc5c5c4C=CC=CC5)=CC(c4cccc5c4C=CCC5)=N3)cc1)C1=CC2C=CC=C1. The van der Waals surface area contributed by atoms with Crippen molar-refractivity contribution in [1.82, 2.24) is 0 Å². The van der Waals surface area contributed by atoms with Crippen LogP contribution in [-0.2, 0) is 12.8 Å². The van der Waals surface area contributed by atoms with Crippen LogP contribution in [0.3, 0.4) is 0 Å². The van der Waals surface area contributed by atoms with Gasteiger partial charge in [-0.05, 0) is 106 Å². The molecule has 5 aromatic carbocycles. The van der Waals surface area contributed by atoms with Crippen molar-refractivity contribution >= 4 is 51.9 Å². The fourth-order valence-corrected chi connectivity index (χ4v) is 8.23. The number of fused-ring (bicyclic) bond motifs is 7. The molecule has 52 heavy (non-hydrogen) atoms. The molecule has 2 heterocycles. The molecule has 5 aromatic rings. The second-order valence-electron chi connectivity index (χ2n) is 13.8. The molecule has 3 heteroatoms. The Balaban J connectivity index is 1.10. The van der Waals surface area contributed by atoms with E-state index in [0.29, 0.717) is 0 Å². The highest BCUT2D eigenvalue weighted by Crippen LogP contribution is 2.43. The maximum atomic E-state index is 5.51. The number of benzene rings is 4. The summed E-state index contributed by atoms with van der Waals surface area (Å²) in [5.74, 6) is 0.223. The second-order valence-corrected chi connectivity index (χ2v) is 13.8. The van der Waals surface area contributed by atoms with Gasteiger partial charge in [0.1, 0.15) is 6.04 Å². The van der Waals surface area contributed by atoms with E-state index in [9.17, 15) is 0 Å². The van der Waals surface area contributed by atoms with Crippen LogP contribution in [0.15, 0.2) is 161 Å². The van der Waals surface area contributed by atoms with Gasteiger partial charge in [0.15, 0.2) is 0 Å². The molecule has 0 aromatic heterocycles. The summed E-state index contributed by atoms with van der Waals surface area (Å²) >= 11 is 0. The molecule has 2 bridgehead atoms. The molecule has 3 nitrogen and oxygen atoms in total. The quantitative estimate of drug-likeness (QED) is 0.188. The predicted molar refractivity (Wildman–Crippen MR) is 217 cm³/mol. The largest absolute Gasteiger partial charge is 0.310 e. The van der Waals surface area contributed by atoms with Crippen molar-refractivity contribution in [3.8, 4) is 0 Å². The number of rotatable bonds is 4. The molecule has 0 spiro atoms. The summed E-state index contributed by atoms with van der Waals surface area (Å²) in [6.07, 6.45) is 31.6. The van der Waals surface area contributed by atoms with E-state index < -0.39 is 0 Å². The molecule has 5 aliphatic rings. The third-order valence-electron chi connectivity index (χ3n) is 10.8. The van der Waals surface area contributed by atoms with E-state index in [0.717, 1.165) is 64.4 Å². The first-order chi connectivity index (χ1) is 25.8. The minimum Gasteiger partial charge on any atom is -0.310 e. The highest BCUT2D eigenvalue weighted by atomic mass is 15.2. The van der Waals surface area contributed by atoms with E-state index in [1.807, 2.05) is 12.3 Å². The van der Waals surface area contributed by atoms with Gasteiger partial charge in [-0.2, -0.15) is 0 Å². The first-order valence-corrected chi connectivity index (χ1v) is 18.2. The number of aliphatic imine (C=N–C) groups is 2. The summed E-state index contributed by atoms with van der Waals surface area (Å²) in [6.45, 7) is 0. The Morgan fingerprint density at radius 1 is 0.769 bits per heavy atom. The lowest BCUT2D eigenvalue weighted by molar-refractivity contribution is 0.974. The van der Waals surface area contributed by atoms with E-state index in [-0.39, 0.29) is 12.0 Å². The number of anilines is 2. The van der Waals surface area contributed by atoms with Gasteiger partial charge in [0.25, 0.3) is 0 Å². The van der Waals surface area contributed by atoms with Gasteiger partial charge in [0.05, 0.1) is 17.1 Å². The van der Waals surface area contributed by atoms with Gasteiger partial charge in [0, 0.05) is 40.7 Å². The zero-order valence-electron chi connectivity index (χ0n) is 28.7. The number of aryl methyl sites for hydroxylation is 1. The smallest absolute Gasteiger partial charge is 0.111 e. The van der Waals surface area contributed by atoms with E-state index in [1.165, 1.54) is 38.6 Å². The van der Waals surface area contributed by atoms with E-state index in [4.69, 9.17) is 9.98 Å². The summed E-state index contributed by atoms with van der Waals surface area (Å²) in [6, 6.07) is 36.7. The van der Waals surface area contributed by atoms with Gasteiger partial charge in [-0.3, -0.25) is 9.98 Å².